The molecule has 0 aliphatic carbocycles. The Kier molecular flexibility index (Phi) is 4.70. The third kappa shape index (κ3) is 3.61. The van der Waals surface area contributed by atoms with E-state index >= 15 is 0 Å². The van der Waals surface area contributed by atoms with E-state index in [1.807, 2.05) is 6.07 Å². The number of pyridine rings is 1. The van der Waals surface area contributed by atoms with Crippen molar-refractivity contribution >= 4 is 31.9 Å². The lowest BCUT2D eigenvalue weighted by atomic mass is 10.0. The zero-order valence-electron chi connectivity index (χ0n) is 10.6. The molecule has 0 aliphatic heterocycles. The van der Waals surface area contributed by atoms with Gasteiger partial charge in [0.25, 0.3) is 0 Å². The maximum atomic E-state index is 6.01. The fourth-order valence-corrected chi connectivity index (χ4v) is 2.83. The Morgan fingerprint density at radius 3 is 2.74 bits per heavy atom. The maximum absolute atomic E-state index is 6.01. The molecule has 0 amide bonds. The van der Waals surface area contributed by atoms with Crippen LogP contribution in [0, 0.1) is 5.92 Å². The largest absolute Gasteiger partial charge is 0.337 e. The molecule has 5 nitrogen and oxygen atoms in total. The fraction of sp³-hybridized carbons (Fsp3) is 0.417. The molecule has 19 heavy (non-hydrogen) atoms. The second-order valence-electron chi connectivity index (χ2n) is 4.68. The maximum Gasteiger partial charge on any atom is 0.243 e. The lowest BCUT2D eigenvalue weighted by molar-refractivity contribution is 0.335. The molecule has 0 saturated carbocycles. The van der Waals surface area contributed by atoms with Crippen LogP contribution in [0.15, 0.2) is 25.7 Å². The summed E-state index contributed by atoms with van der Waals surface area (Å²) < 4.78 is 6.88. The summed E-state index contributed by atoms with van der Waals surface area (Å²) >= 11 is 6.77. The molecule has 0 aliphatic rings. The first kappa shape index (κ1) is 14.6. The van der Waals surface area contributed by atoms with Gasteiger partial charge >= 0.3 is 0 Å². The molecule has 7 heteroatoms. The first-order chi connectivity index (χ1) is 8.97. The van der Waals surface area contributed by atoms with Gasteiger partial charge in [-0.1, -0.05) is 19.0 Å². The van der Waals surface area contributed by atoms with E-state index in [1.54, 1.807) is 6.20 Å². The Bertz CT molecular complexity index is 571. The van der Waals surface area contributed by atoms with Gasteiger partial charge in [0.15, 0.2) is 0 Å². The SMILES string of the molecule is CC(C)CC(N)c1nc(-c2ncc(Br)cc2Br)no1. The van der Waals surface area contributed by atoms with Crippen molar-refractivity contribution in [3.63, 3.8) is 0 Å². The van der Waals surface area contributed by atoms with Crippen molar-refractivity contribution in [3.05, 3.63) is 27.1 Å². The average molecular weight is 390 g/mol. The van der Waals surface area contributed by atoms with Crippen LogP contribution in [-0.4, -0.2) is 15.1 Å². The summed E-state index contributed by atoms with van der Waals surface area (Å²) in [6.45, 7) is 4.20. The molecule has 0 aromatic carbocycles. The van der Waals surface area contributed by atoms with E-state index in [-0.39, 0.29) is 6.04 Å². The smallest absolute Gasteiger partial charge is 0.243 e. The van der Waals surface area contributed by atoms with Crippen LogP contribution in [0.4, 0.5) is 0 Å². The molecule has 2 rings (SSSR count). The molecular formula is C12H14Br2N4O. The Morgan fingerprint density at radius 1 is 1.37 bits per heavy atom. The molecule has 2 aromatic rings. The molecule has 2 heterocycles. The van der Waals surface area contributed by atoms with Crippen molar-refractivity contribution in [1.29, 1.82) is 0 Å². The van der Waals surface area contributed by atoms with Gasteiger partial charge in [-0.05, 0) is 50.3 Å². The minimum atomic E-state index is -0.240. The van der Waals surface area contributed by atoms with E-state index in [4.69, 9.17) is 10.3 Å². The predicted octanol–water partition coefficient (Wildman–Crippen LogP) is 3.70. The molecule has 2 aromatic heterocycles. The number of halogens is 2. The van der Waals surface area contributed by atoms with Gasteiger partial charge in [-0.2, -0.15) is 4.98 Å². The molecule has 0 saturated heterocycles. The van der Waals surface area contributed by atoms with Crippen LogP contribution in [0.5, 0.6) is 0 Å². The van der Waals surface area contributed by atoms with Crippen LogP contribution in [0.2, 0.25) is 0 Å². The molecule has 0 fully saturated rings. The highest BCUT2D eigenvalue weighted by Crippen LogP contribution is 2.27. The van der Waals surface area contributed by atoms with Gasteiger partial charge in [0, 0.05) is 15.1 Å². The van der Waals surface area contributed by atoms with E-state index in [0.29, 0.717) is 23.3 Å². The van der Waals surface area contributed by atoms with Gasteiger partial charge in [-0.25, -0.2) is 0 Å². The summed E-state index contributed by atoms with van der Waals surface area (Å²) in [7, 11) is 0. The lowest BCUT2D eigenvalue weighted by Crippen LogP contribution is -2.13. The summed E-state index contributed by atoms with van der Waals surface area (Å²) in [4.78, 5) is 8.58. The summed E-state index contributed by atoms with van der Waals surface area (Å²) in [5.41, 5.74) is 6.65. The zero-order chi connectivity index (χ0) is 14.0. The highest BCUT2D eigenvalue weighted by atomic mass is 79.9. The second-order valence-corrected chi connectivity index (χ2v) is 6.45. The number of nitrogens with zero attached hydrogens (tertiary/aromatic N) is 3. The normalized spacial score (nSPS) is 12.9. The summed E-state index contributed by atoms with van der Waals surface area (Å²) in [6, 6.07) is 1.64. The molecule has 1 unspecified atom stereocenters. The molecule has 0 radical (unpaired) electrons. The molecule has 0 bridgehead atoms. The zero-order valence-corrected chi connectivity index (χ0v) is 13.8. The highest BCUT2D eigenvalue weighted by molar-refractivity contribution is 9.11. The van der Waals surface area contributed by atoms with E-state index in [9.17, 15) is 0 Å². The minimum absolute atomic E-state index is 0.240. The summed E-state index contributed by atoms with van der Waals surface area (Å²) in [5.74, 6) is 1.36. The fourth-order valence-electron chi connectivity index (χ4n) is 1.67. The number of hydrogen-bond donors (Lipinski definition) is 1. The van der Waals surface area contributed by atoms with E-state index < -0.39 is 0 Å². The molecule has 0 spiro atoms. The third-order valence-corrected chi connectivity index (χ3v) is 3.54. The van der Waals surface area contributed by atoms with Crippen LogP contribution >= 0.6 is 31.9 Å². The van der Waals surface area contributed by atoms with Gasteiger partial charge < -0.3 is 10.3 Å². The number of nitrogens with two attached hydrogens (primary N) is 1. The van der Waals surface area contributed by atoms with E-state index in [1.165, 1.54) is 0 Å². The van der Waals surface area contributed by atoms with Gasteiger partial charge in [0.2, 0.25) is 11.7 Å². The Labute approximate surface area is 128 Å². The number of hydrogen-bond acceptors (Lipinski definition) is 5. The number of rotatable bonds is 4. The van der Waals surface area contributed by atoms with Gasteiger partial charge in [0.1, 0.15) is 5.69 Å². The van der Waals surface area contributed by atoms with Gasteiger partial charge in [-0.3, -0.25) is 4.98 Å². The molecular weight excluding hydrogens is 376 g/mol. The Hall–Kier alpha value is -0.790. The average Bonchev–Trinajstić information content (AvgIpc) is 2.77. The van der Waals surface area contributed by atoms with Crippen molar-refractivity contribution in [2.75, 3.05) is 0 Å². The minimum Gasteiger partial charge on any atom is -0.337 e. The van der Waals surface area contributed by atoms with Crippen molar-refractivity contribution in [2.24, 2.45) is 11.7 Å². The van der Waals surface area contributed by atoms with Crippen LogP contribution < -0.4 is 5.73 Å². The summed E-state index contributed by atoms with van der Waals surface area (Å²) in [5, 5.41) is 3.93. The van der Waals surface area contributed by atoms with Crippen LogP contribution in [0.1, 0.15) is 32.2 Å². The Balaban J connectivity index is 2.25. The summed E-state index contributed by atoms with van der Waals surface area (Å²) in [6.07, 6.45) is 2.49. The second kappa shape index (κ2) is 6.11. The third-order valence-electron chi connectivity index (χ3n) is 2.50. The lowest BCUT2D eigenvalue weighted by Gasteiger charge is -2.08. The van der Waals surface area contributed by atoms with E-state index in [0.717, 1.165) is 15.4 Å². The van der Waals surface area contributed by atoms with Crippen LogP contribution in [-0.2, 0) is 0 Å². The van der Waals surface area contributed by atoms with Crippen LogP contribution in [0.3, 0.4) is 0 Å². The molecule has 2 N–H and O–H groups in total. The topological polar surface area (TPSA) is 77.8 Å². The molecule has 1 atom stereocenters. The first-order valence-electron chi connectivity index (χ1n) is 5.88. The van der Waals surface area contributed by atoms with Crippen molar-refractivity contribution in [1.82, 2.24) is 15.1 Å². The highest BCUT2D eigenvalue weighted by Gasteiger charge is 2.18. The van der Waals surface area contributed by atoms with Crippen molar-refractivity contribution in [2.45, 2.75) is 26.3 Å². The quantitative estimate of drug-likeness (QED) is 0.862. The van der Waals surface area contributed by atoms with Gasteiger partial charge in [-0.15, -0.1) is 0 Å². The standard InChI is InChI=1S/C12H14Br2N4O/c1-6(2)3-9(15)12-17-11(18-19-12)10-8(14)4-7(13)5-16-10/h4-6,9H,3,15H2,1-2H3. The van der Waals surface area contributed by atoms with E-state index in [2.05, 4.69) is 60.8 Å². The monoisotopic (exact) mass is 388 g/mol. The van der Waals surface area contributed by atoms with Crippen molar-refractivity contribution in [3.8, 4) is 11.5 Å². The van der Waals surface area contributed by atoms with Crippen LogP contribution in [0.25, 0.3) is 11.5 Å². The Morgan fingerprint density at radius 2 is 2.11 bits per heavy atom. The van der Waals surface area contributed by atoms with Crippen molar-refractivity contribution < 1.29 is 4.52 Å². The number of aromatic nitrogens is 3. The predicted molar refractivity (Wildman–Crippen MR) is 79.3 cm³/mol. The molecule has 102 valence electrons. The first-order valence-corrected chi connectivity index (χ1v) is 7.46. The van der Waals surface area contributed by atoms with Gasteiger partial charge in [0.05, 0.1) is 6.04 Å².